The van der Waals surface area contributed by atoms with E-state index >= 15 is 0 Å². The van der Waals surface area contributed by atoms with E-state index in [1.165, 1.54) is 0 Å². The highest BCUT2D eigenvalue weighted by molar-refractivity contribution is 6.30. The number of aromatic nitrogens is 1. The molecule has 34 heavy (non-hydrogen) atoms. The third kappa shape index (κ3) is 6.58. The molecule has 3 rings (SSSR count). The monoisotopic (exact) mass is 499 g/mol. The van der Waals surface area contributed by atoms with Crippen molar-refractivity contribution < 1.29 is 19.1 Å². The number of alkyl halides is 2. The van der Waals surface area contributed by atoms with Gasteiger partial charge in [-0.2, -0.15) is 0 Å². The highest BCUT2D eigenvalue weighted by Crippen LogP contribution is 2.26. The number of benzene rings is 2. The molecule has 0 saturated heterocycles. The first kappa shape index (κ1) is 25.7. The van der Waals surface area contributed by atoms with Crippen molar-refractivity contribution in [3.63, 3.8) is 0 Å². The van der Waals surface area contributed by atoms with Gasteiger partial charge in [-0.3, -0.25) is 14.6 Å². The number of esters is 2. The summed E-state index contributed by atoms with van der Waals surface area (Å²) in [6.45, 7) is 7.46. The summed E-state index contributed by atoms with van der Waals surface area (Å²) in [6, 6.07) is 18.2. The molecular weight excluding hydrogens is 473 g/mol. The molecule has 178 valence electrons. The van der Waals surface area contributed by atoms with Gasteiger partial charge in [-0.05, 0) is 59.9 Å². The van der Waals surface area contributed by atoms with Crippen molar-refractivity contribution in [2.45, 2.75) is 38.4 Å². The van der Waals surface area contributed by atoms with Gasteiger partial charge in [0.25, 0.3) is 0 Å². The van der Waals surface area contributed by atoms with Crippen molar-refractivity contribution in [3.8, 4) is 33.9 Å². The highest BCUT2D eigenvalue weighted by Gasteiger charge is 2.22. The fourth-order valence-electron chi connectivity index (χ4n) is 3.03. The quantitative estimate of drug-likeness (QED) is 0.194. The van der Waals surface area contributed by atoms with Gasteiger partial charge >= 0.3 is 11.9 Å². The maximum atomic E-state index is 12.0. The lowest BCUT2D eigenvalue weighted by molar-refractivity contribution is -0.135. The summed E-state index contributed by atoms with van der Waals surface area (Å²) in [5.41, 5.74) is 3.53. The molecule has 2 unspecified atom stereocenters. The molecule has 1 heterocycles. The van der Waals surface area contributed by atoms with E-state index in [2.05, 4.69) is 4.98 Å². The molecule has 0 aliphatic rings. The zero-order valence-electron chi connectivity index (χ0n) is 19.5. The van der Waals surface area contributed by atoms with E-state index in [9.17, 15) is 9.59 Å². The predicted octanol–water partition coefficient (Wildman–Crippen LogP) is 6.75. The largest absolute Gasteiger partial charge is 0.425 e. The molecule has 0 saturated carbocycles. The molecule has 0 spiro atoms. The molecule has 2 aromatic carbocycles. The molecule has 1 aromatic heterocycles. The van der Waals surface area contributed by atoms with Gasteiger partial charge in [0.05, 0.1) is 5.69 Å². The average Bonchev–Trinajstić information content (AvgIpc) is 2.84. The molecular formula is C27H27Cl2NO4. The van der Waals surface area contributed by atoms with Gasteiger partial charge in [-0.25, -0.2) is 0 Å². The van der Waals surface area contributed by atoms with Crippen molar-refractivity contribution in [3.05, 3.63) is 66.9 Å². The summed E-state index contributed by atoms with van der Waals surface area (Å²) in [4.78, 5) is 28.6. The Morgan fingerprint density at radius 1 is 0.647 bits per heavy atom. The van der Waals surface area contributed by atoms with E-state index < -0.39 is 22.7 Å². The molecule has 3 aromatic rings. The fraction of sp³-hybridized carbons (Fsp3) is 0.296. The van der Waals surface area contributed by atoms with Crippen molar-refractivity contribution in [2.24, 2.45) is 11.8 Å². The zero-order chi connectivity index (χ0) is 24.8. The van der Waals surface area contributed by atoms with Crippen LogP contribution in [0.5, 0.6) is 11.5 Å². The van der Waals surface area contributed by atoms with Gasteiger partial charge in [-0.1, -0.05) is 45.9 Å². The summed E-state index contributed by atoms with van der Waals surface area (Å²) in [5, 5.41) is -1.37. The second kappa shape index (κ2) is 11.5. The normalized spacial score (nSPS) is 12.9. The number of halogens is 2. The maximum absolute atomic E-state index is 12.0. The van der Waals surface area contributed by atoms with Gasteiger partial charge in [0.2, 0.25) is 0 Å². The number of rotatable bonds is 8. The fourth-order valence-corrected chi connectivity index (χ4v) is 3.12. The lowest BCUT2D eigenvalue weighted by Gasteiger charge is -2.13. The first-order valence-electron chi connectivity index (χ1n) is 11.0. The Kier molecular flexibility index (Phi) is 8.70. The third-order valence-electron chi connectivity index (χ3n) is 5.16. The minimum Gasteiger partial charge on any atom is -0.425 e. The highest BCUT2D eigenvalue weighted by atomic mass is 35.5. The number of pyridine rings is 1. The number of nitrogens with zero attached hydrogens (tertiary/aromatic N) is 1. The molecule has 2 atom stereocenters. The molecule has 0 N–H and O–H groups in total. The Labute approximate surface area is 210 Å². The Hall–Kier alpha value is -2.89. The van der Waals surface area contributed by atoms with Crippen LogP contribution in [0.2, 0.25) is 0 Å². The SMILES string of the molecule is CC(C)C(Cl)C(=O)Oc1ccc(-c2ccc(-c3ccc(OC(=O)C(Cl)C(C)C)cc3)nc2)cc1. The number of carbonyl (C=O) groups excluding carboxylic acids is 2. The van der Waals surface area contributed by atoms with E-state index in [0.29, 0.717) is 11.5 Å². The zero-order valence-corrected chi connectivity index (χ0v) is 21.0. The van der Waals surface area contributed by atoms with E-state index in [1.807, 2.05) is 64.1 Å². The van der Waals surface area contributed by atoms with Gasteiger partial charge in [0.1, 0.15) is 22.3 Å². The molecule has 0 aliphatic carbocycles. The van der Waals surface area contributed by atoms with E-state index in [1.54, 1.807) is 30.5 Å². The Bertz CT molecular complexity index is 1020. The van der Waals surface area contributed by atoms with Crippen LogP contribution in [0.3, 0.4) is 0 Å². The smallest absolute Gasteiger partial charge is 0.329 e. The molecule has 0 radical (unpaired) electrons. The summed E-state index contributed by atoms with van der Waals surface area (Å²) in [7, 11) is 0. The summed E-state index contributed by atoms with van der Waals surface area (Å²) >= 11 is 12.1. The van der Waals surface area contributed by atoms with Gasteiger partial charge in [0, 0.05) is 17.3 Å². The first-order chi connectivity index (χ1) is 16.2. The van der Waals surface area contributed by atoms with Crippen LogP contribution in [-0.4, -0.2) is 27.7 Å². The number of ether oxygens (including phenoxy) is 2. The number of hydrogen-bond donors (Lipinski definition) is 0. The summed E-state index contributed by atoms with van der Waals surface area (Å²) < 4.78 is 10.7. The minimum absolute atomic E-state index is 0.00729. The van der Waals surface area contributed by atoms with Crippen molar-refractivity contribution in [2.75, 3.05) is 0 Å². The van der Waals surface area contributed by atoms with Crippen LogP contribution in [0.15, 0.2) is 66.9 Å². The maximum Gasteiger partial charge on any atom is 0.329 e. The van der Waals surface area contributed by atoms with Gasteiger partial charge < -0.3 is 9.47 Å². The van der Waals surface area contributed by atoms with Crippen LogP contribution < -0.4 is 9.47 Å². The lowest BCUT2D eigenvalue weighted by Crippen LogP contribution is -2.25. The van der Waals surface area contributed by atoms with Crippen LogP contribution in [0.25, 0.3) is 22.4 Å². The van der Waals surface area contributed by atoms with E-state index in [-0.39, 0.29) is 11.8 Å². The van der Waals surface area contributed by atoms with Crippen molar-refractivity contribution in [1.82, 2.24) is 4.98 Å². The van der Waals surface area contributed by atoms with Crippen LogP contribution in [0.4, 0.5) is 0 Å². The summed E-state index contributed by atoms with van der Waals surface area (Å²) in [6.07, 6.45) is 1.78. The second-order valence-corrected chi connectivity index (χ2v) is 9.56. The molecule has 7 heteroatoms. The Balaban J connectivity index is 1.65. The summed E-state index contributed by atoms with van der Waals surface area (Å²) in [5.74, 6) is -0.0586. The second-order valence-electron chi connectivity index (χ2n) is 8.61. The van der Waals surface area contributed by atoms with Crippen molar-refractivity contribution >= 4 is 35.1 Å². The van der Waals surface area contributed by atoms with Crippen LogP contribution in [-0.2, 0) is 9.59 Å². The lowest BCUT2D eigenvalue weighted by atomic mass is 10.1. The Morgan fingerprint density at radius 3 is 1.44 bits per heavy atom. The van der Waals surface area contributed by atoms with E-state index in [0.717, 1.165) is 22.4 Å². The molecule has 0 bridgehead atoms. The van der Waals surface area contributed by atoms with Gasteiger partial charge in [-0.15, -0.1) is 23.2 Å². The van der Waals surface area contributed by atoms with Gasteiger partial charge in [0.15, 0.2) is 0 Å². The first-order valence-corrected chi connectivity index (χ1v) is 11.9. The van der Waals surface area contributed by atoms with Crippen LogP contribution in [0.1, 0.15) is 27.7 Å². The predicted molar refractivity (Wildman–Crippen MR) is 135 cm³/mol. The van der Waals surface area contributed by atoms with Crippen LogP contribution >= 0.6 is 23.2 Å². The molecule has 0 aliphatic heterocycles. The standard InChI is InChI=1S/C27H27Cl2NO4/c1-16(2)24(28)26(31)33-21-10-5-18(6-11-21)20-9-14-23(30-15-20)19-7-12-22(13-8-19)34-27(32)25(29)17(3)4/h5-17,24-25H,1-4H3. The van der Waals surface area contributed by atoms with E-state index in [4.69, 9.17) is 32.7 Å². The van der Waals surface area contributed by atoms with Crippen LogP contribution in [0, 0.1) is 11.8 Å². The number of hydrogen-bond acceptors (Lipinski definition) is 5. The average molecular weight is 500 g/mol. The minimum atomic E-state index is -0.688. The molecule has 0 amide bonds. The third-order valence-corrected chi connectivity index (χ3v) is 6.52. The number of carbonyl (C=O) groups is 2. The molecule has 5 nitrogen and oxygen atoms in total. The topological polar surface area (TPSA) is 65.5 Å². The Morgan fingerprint density at radius 2 is 1.06 bits per heavy atom. The van der Waals surface area contributed by atoms with Crippen molar-refractivity contribution in [1.29, 1.82) is 0 Å². The molecule has 0 fully saturated rings.